The normalized spacial score (nSPS) is 29.3. The number of carboxylic acid groups (broad SMARTS) is 1. The van der Waals surface area contributed by atoms with Crippen molar-refractivity contribution in [3.05, 3.63) is 127 Å². The van der Waals surface area contributed by atoms with Gasteiger partial charge in [0.1, 0.15) is 28.9 Å². The fourth-order valence-corrected chi connectivity index (χ4v) is 17.3. The lowest BCUT2D eigenvalue weighted by atomic mass is 9.43. The third-order valence-electron chi connectivity index (χ3n) is 20.3. The molecular weight excluding hydrogens is 1250 g/mol. The maximum atomic E-state index is 16.0. The Bertz CT molecular complexity index is 3410. The minimum Gasteiger partial charge on any atom is -0.480 e. The number of hydrogen-bond donors (Lipinski definition) is 7. The van der Waals surface area contributed by atoms with E-state index in [1.807, 2.05) is 0 Å². The van der Waals surface area contributed by atoms with Crippen molar-refractivity contribution >= 4 is 93.2 Å². The molecular formula is C64H70Cl4F6N6O9. The molecule has 5 heterocycles. The first-order valence-corrected chi connectivity index (χ1v) is 31.2. The lowest BCUT2D eigenvalue weighted by molar-refractivity contribution is -0.143. The average Bonchev–Trinajstić information content (AvgIpc) is 1.52. The summed E-state index contributed by atoms with van der Waals surface area (Å²) in [7, 11) is 3.20. The summed E-state index contributed by atoms with van der Waals surface area (Å²) in [5, 5.41) is 24.3. The Hall–Kier alpha value is -5.52. The molecule has 0 aromatic heterocycles. The molecule has 4 aromatic rings. The van der Waals surface area contributed by atoms with Gasteiger partial charge in [-0.15, -0.1) is 0 Å². The summed E-state index contributed by atoms with van der Waals surface area (Å²) in [5.74, 6) is -7.28. The highest BCUT2D eigenvalue weighted by Crippen LogP contribution is 2.77. The van der Waals surface area contributed by atoms with Crippen molar-refractivity contribution in [3.8, 4) is 0 Å². The van der Waals surface area contributed by atoms with Crippen LogP contribution in [0.2, 0.25) is 20.1 Å². The second-order valence-electron chi connectivity index (χ2n) is 25.6. The molecule has 4 aromatic carbocycles. The predicted octanol–water partition coefficient (Wildman–Crippen LogP) is 11.0. The molecule has 3 aliphatic carbocycles. The molecule has 10 atom stereocenters. The molecule has 89 heavy (non-hydrogen) atoms. The molecule has 0 radical (unpaired) electrons. The number of carbonyl (C=O) groups is 6. The first-order chi connectivity index (χ1) is 42.4. The number of Topliss-reactive ketones (excluding diaryl/α,β-unsaturated/α-hetero) is 1. The van der Waals surface area contributed by atoms with Gasteiger partial charge < -0.3 is 41.6 Å². The van der Waals surface area contributed by atoms with E-state index in [-0.39, 0.29) is 108 Å². The average molecular weight is 1320 g/mol. The van der Waals surface area contributed by atoms with Crippen LogP contribution in [0.4, 0.5) is 37.7 Å². The van der Waals surface area contributed by atoms with Crippen LogP contribution < -0.4 is 32.3 Å². The van der Waals surface area contributed by atoms with E-state index in [0.29, 0.717) is 65.0 Å². The number of rotatable bonds is 14. The number of carbonyl (C=O) groups excluding carboxylic acids is 5. The third kappa shape index (κ3) is 11.4. The molecule has 8 N–H and O–H groups in total. The van der Waals surface area contributed by atoms with Gasteiger partial charge in [-0.25, -0.2) is 8.78 Å². The van der Waals surface area contributed by atoms with Crippen molar-refractivity contribution < 1.29 is 69.7 Å². The van der Waals surface area contributed by atoms with Gasteiger partial charge in [-0.3, -0.25) is 51.6 Å². The smallest absolute Gasteiger partial charge is 0.321 e. The van der Waals surface area contributed by atoms with Crippen molar-refractivity contribution in [2.75, 3.05) is 64.6 Å². The molecule has 0 bridgehead atoms. The van der Waals surface area contributed by atoms with E-state index in [0.717, 1.165) is 12.8 Å². The van der Waals surface area contributed by atoms with Gasteiger partial charge >= 0.3 is 5.97 Å². The zero-order valence-electron chi connectivity index (χ0n) is 48.8. The molecule has 3 saturated carbocycles. The van der Waals surface area contributed by atoms with E-state index >= 15 is 8.78 Å². The number of ketones is 1. The Labute approximate surface area is 530 Å². The fraction of sp³-hybridized carbons (Fsp3) is 0.531. The quantitative estimate of drug-likeness (QED) is 0.0588. The molecule has 15 nitrogen and oxygen atoms in total. The summed E-state index contributed by atoms with van der Waals surface area (Å²) in [6.45, 7) is -2.86. The van der Waals surface area contributed by atoms with Crippen LogP contribution >= 0.6 is 46.4 Å². The van der Waals surface area contributed by atoms with Crippen LogP contribution in [-0.2, 0) is 49.1 Å². The monoisotopic (exact) mass is 1320 g/mol. The Kier molecular flexibility index (Phi) is 19.3. The van der Waals surface area contributed by atoms with Crippen molar-refractivity contribution in [2.45, 2.75) is 130 Å². The molecule has 3 saturated heterocycles. The molecule has 4 amide bonds. The molecule has 12 rings (SSSR count). The molecule has 8 aliphatic rings. The summed E-state index contributed by atoms with van der Waals surface area (Å²) in [5.41, 5.74) is -0.612. The summed E-state index contributed by atoms with van der Waals surface area (Å²) in [6, 6.07) is 17.1. The van der Waals surface area contributed by atoms with E-state index < -0.39 is 113 Å². The number of amides is 4. The van der Waals surface area contributed by atoms with Gasteiger partial charge in [-0.2, -0.15) is 0 Å². The minimum atomic E-state index is -1.66. The molecule has 4 spiro atoms. The highest BCUT2D eigenvalue weighted by Gasteiger charge is 2.79. The summed E-state index contributed by atoms with van der Waals surface area (Å²) >= 11 is 24.7. The predicted molar refractivity (Wildman–Crippen MR) is 323 cm³/mol. The Morgan fingerprint density at radius 2 is 1.12 bits per heavy atom. The van der Waals surface area contributed by atoms with Crippen LogP contribution in [0.25, 0.3) is 0 Å². The highest BCUT2D eigenvalue weighted by molar-refractivity contribution is 6.32. The lowest BCUT2D eigenvalue weighted by Crippen LogP contribution is -2.70. The third-order valence-corrected chi connectivity index (χ3v) is 21.4. The second-order valence-corrected chi connectivity index (χ2v) is 27.3. The number of aliphatic carboxylic acids is 1. The maximum absolute atomic E-state index is 16.0. The molecule has 480 valence electrons. The number of carboxylic acids is 1. The molecule has 5 aliphatic heterocycles. The van der Waals surface area contributed by atoms with E-state index in [1.165, 1.54) is 30.3 Å². The van der Waals surface area contributed by atoms with Gasteiger partial charge in [-0.05, 0) is 128 Å². The number of nitrogens with one attached hydrogen (secondary N) is 5. The number of benzene rings is 4. The van der Waals surface area contributed by atoms with Crippen molar-refractivity contribution in [1.82, 2.24) is 16.0 Å². The van der Waals surface area contributed by atoms with Crippen LogP contribution in [0, 0.1) is 39.7 Å². The van der Waals surface area contributed by atoms with Gasteiger partial charge in [-0.1, -0.05) is 82.8 Å². The van der Waals surface area contributed by atoms with E-state index in [1.54, 1.807) is 56.6 Å². The Morgan fingerprint density at radius 3 is 1.60 bits per heavy atom. The van der Waals surface area contributed by atoms with Crippen LogP contribution in [0.5, 0.6) is 0 Å². The van der Waals surface area contributed by atoms with Crippen LogP contribution in [0.1, 0.15) is 111 Å². The van der Waals surface area contributed by atoms with Gasteiger partial charge in [0.2, 0.25) is 23.6 Å². The first-order valence-electron chi connectivity index (χ1n) is 29.7. The second kappa shape index (κ2) is 25.9. The number of alkyl halides is 4. The van der Waals surface area contributed by atoms with E-state index in [2.05, 4.69) is 26.6 Å². The van der Waals surface area contributed by atoms with Crippen molar-refractivity contribution in [2.24, 2.45) is 33.8 Å². The highest BCUT2D eigenvalue weighted by atomic mass is 35.5. The lowest BCUT2D eigenvalue weighted by Gasteiger charge is -2.59. The first kappa shape index (κ1) is 66.4. The SMILES string of the molecule is CNC(=O)C[C@@H]1CC[C@@H](CC(=O)[C@@H]2CC3(CC(CF)(CF)C3)[C@@]3(C(=O)Nc4cc(Cl)ccc43)[C@H]2c2cccc(Cl)c2F)CO1.CNC(=O)C[C@@H]1CC[C@@H](N)CO1.O=C(O)[C@@H]1NC2(CC(CF)(CF)C2)[C@@]2(C(=O)Nc3cc(Cl)ccc32)[C@H]1c1cccc(Cl)c1F. The van der Waals surface area contributed by atoms with Crippen molar-refractivity contribution in [1.29, 1.82) is 0 Å². The van der Waals surface area contributed by atoms with Gasteiger partial charge in [0.15, 0.2) is 0 Å². The zero-order chi connectivity index (χ0) is 64.2. The fourth-order valence-electron chi connectivity index (χ4n) is 16.6. The summed E-state index contributed by atoms with van der Waals surface area (Å²) in [4.78, 5) is 77.7. The topological polar surface area (TPSA) is 227 Å². The van der Waals surface area contributed by atoms with Crippen LogP contribution in [-0.4, -0.2) is 124 Å². The molecule has 25 heteroatoms. The largest absolute Gasteiger partial charge is 0.480 e. The van der Waals surface area contributed by atoms with E-state index in [9.17, 15) is 51.4 Å². The number of anilines is 2. The van der Waals surface area contributed by atoms with Crippen LogP contribution in [0.15, 0.2) is 72.8 Å². The number of nitrogens with two attached hydrogens (primary N) is 1. The number of fused-ring (bicyclic) bond motifs is 6. The van der Waals surface area contributed by atoms with Crippen molar-refractivity contribution in [3.63, 3.8) is 0 Å². The van der Waals surface area contributed by atoms with E-state index in [4.69, 9.17) is 61.6 Å². The number of halogens is 10. The Morgan fingerprint density at radius 1 is 0.640 bits per heavy atom. The zero-order valence-corrected chi connectivity index (χ0v) is 51.9. The van der Waals surface area contributed by atoms with Crippen LogP contribution in [0.3, 0.4) is 0 Å². The van der Waals surface area contributed by atoms with Gasteiger partial charge in [0.05, 0.1) is 80.4 Å². The summed E-state index contributed by atoms with van der Waals surface area (Å²) in [6.07, 6.45) is 3.80. The standard InChI is InChI=1S/C33H35Cl2F3N2O4.C23H19Cl2F3N2O3.C8H16N2O2/c1-39-27(42)11-20-7-5-18(13-44-20)9-26(41)22-12-32(14-31(15-32,16-36)17-37)33(28(22)21-3-2-4-24(35)29(21)38)23-8-6-19(34)10-25(23)40-30(33)43;24-11-4-5-13-15(6-11)29-20(33)23(13)16(12-2-1-3-14(25)17(12)28)18(19(31)32)30-22(23)7-21(8-22,9-26)10-27;1-10-8(11)4-7-3-2-6(9)5-12-7/h2-4,6,8,10,18,20,22,28H,5,7,9,11-17H2,1H3,(H,39,42)(H,40,43);1-6,16,18,30H,7-10H2,(H,29,33)(H,31,32);6-7H,2-5,9H2,1H3,(H,10,11)/t18-,20-,22-,28-,33+;16-,18+,23+;6-,7+/m001/s1. The molecule has 6 fully saturated rings. The number of hydrogen-bond acceptors (Lipinski definition) is 10. The maximum Gasteiger partial charge on any atom is 0.321 e. The van der Waals surface area contributed by atoms with Gasteiger partial charge in [0.25, 0.3) is 0 Å². The molecule has 0 unspecified atom stereocenters. The number of ether oxygens (including phenoxy) is 2. The minimum absolute atomic E-state index is 0.0375. The van der Waals surface area contributed by atoms with Gasteiger partial charge in [0, 0.05) is 82.1 Å². The Balaban J connectivity index is 0.000000170. The summed E-state index contributed by atoms with van der Waals surface area (Å²) < 4.78 is 99.1.